The van der Waals surface area contributed by atoms with E-state index in [2.05, 4.69) is 13.8 Å². The summed E-state index contributed by atoms with van der Waals surface area (Å²) in [6.07, 6.45) is 2.57. The number of piperidine rings is 1. The molecule has 3 nitrogen and oxygen atoms in total. The minimum absolute atomic E-state index is 0.0880. The van der Waals surface area contributed by atoms with Crippen molar-refractivity contribution in [2.75, 3.05) is 13.1 Å². The minimum atomic E-state index is 0.0880. The molecule has 0 spiro atoms. The summed E-state index contributed by atoms with van der Waals surface area (Å²) in [5.74, 6) is 0.934. The first kappa shape index (κ1) is 12.2. The molecule has 3 heteroatoms. The lowest BCUT2D eigenvalue weighted by Gasteiger charge is -2.31. The van der Waals surface area contributed by atoms with Crippen molar-refractivity contribution in [2.45, 2.75) is 40.0 Å². The molecule has 1 unspecified atom stereocenters. The summed E-state index contributed by atoms with van der Waals surface area (Å²) < 4.78 is 0. The van der Waals surface area contributed by atoms with E-state index in [1.165, 1.54) is 0 Å². The standard InChI is InChI=1S/C12H21NO2/c1-9(2)7-12(15)11-5-4-6-13(8-11)10(3)14/h9,11H,4-8H2,1-3H3. The maximum Gasteiger partial charge on any atom is 0.219 e. The van der Waals surface area contributed by atoms with Gasteiger partial charge >= 0.3 is 0 Å². The molecule has 1 fully saturated rings. The van der Waals surface area contributed by atoms with Crippen LogP contribution < -0.4 is 0 Å². The highest BCUT2D eigenvalue weighted by Crippen LogP contribution is 2.20. The van der Waals surface area contributed by atoms with Crippen molar-refractivity contribution in [3.05, 3.63) is 0 Å². The lowest BCUT2D eigenvalue weighted by atomic mass is 9.89. The Morgan fingerprint density at radius 2 is 2.07 bits per heavy atom. The van der Waals surface area contributed by atoms with Crippen LogP contribution in [0.4, 0.5) is 0 Å². The van der Waals surface area contributed by atoms with Gasteiger partial charge in [-0.3, -0.25) is 9.59 Å². The molecule has 1 aliphatic heterocycles. The van der Waals surface area contributed by atoms with Gasteiger partial charge in [0.25, 0.3) is 0 Å². The molecule has 15 heavy (non-hydrogen) atoms. The van der Waals surface area contributed by atoms with Crippen LogP contribution in [0.1, 0.15) is 40.0 Å². The molecule has 1 saturated heterocycles. The van der Waals surface area contributed by atoms with E-state index in [1.54, 1.807) is 11.8 Å². The Labute approximate surface area is 91.8 Å². The fraction of sp³-hybridized carbons (Fsp3) is 0.833. The van der Waals surface area contributed by atoms with Crippen molar-refractivity contribution >= 4 is 11.7 Å². The first-order valence-corrected chi connectivity index (χ1v) is 5.79. The lowest BCUT2D eigenvalue weighted by molar-refractivity contribution is -0.133. The molecule has 0 aliphatic carbocycles. The fourth-order valence-electron chi connectivity index (χ4n) is 2.09. The van der Waals surface area contributed by atoms with E-state index < -0.39 is 0 Å². The van der Waals surface area contributed by atoms with Gasteiger partial charge in [0.1, 0.15) is 5.78 Å². The van der Waals surface area contributed by atoms with Crippen LogP contribution in [0.2, 0.25) is 0 Å². The Morgan fingerprint density at radius 1 is 1.40 bits per heavy atom. The zero-order valence-corrected chi connectivity index (χ0v) is 9.95. The molecule has 1 atom stereocenters. The van der Waals surface area contributed by atoms with Gasteiger partial charge in [-0.2, -0.15) is 0 Å². The van der Waals surface area contributed by atoms with E-state index in [4.69, 9.17) is 0 Å². The van der Waals surface area contributed by atoms with Gasteiger partial charge in [0.05, 0.1) is 0 Å². The van der Waals surface area contributed by atoms with Gasteiger partial charge in [-0.05, 0) is 18.8 Å². The van der Waals surface area contributed by atoms with Crippen LogP contribution in [0.25, 0.3) is 0 Å². The molecule has 0 aromatic carbocycles. The van der Waals surface area contributed by atoms with Gasteiger partial charge in [0.15, 0.2) is 0 Å². The minimum Gasteiger partial charge on any atom is -0.342 e. The van der Waals surface area contributed by atoms with E-state index >= 15 is 0 Å². The number of carbonyl (C=O) groups is 2. The van der Waals surface area contributed by atoms with Crippen LogP contribution in [0.3, 0.4) is 0 Å². The van der Waals surface area contributed by atoms with Crippen molar-refractivity contribution in [3.8, 4) is 0 Å². The molecule has 1 aliphatic rings. The highest BCUT2D eigenvalue weighted by Gasteiger charge is 2.26. The second kappa shape index (κ2) is 5.29. The van der Waals surface area contributed by atoms with Gasteiger partial charge in [-0.25, -0.2) is 0 Å². The third-order valence-electron chi connectivity index (χ3n) is 2.93. The van der Waals surface area contributed by atoms with Crippen LogP contribution in [0.5, 0.6) is 0 Å². The predicted molar refractivity (Wildman–Crippen MR) is 59.4 cm³/mol. The lowest BCUT2D eigenvalue weighted by Crippen LogP contribution is -2.41. The molecule has 1 rings (SSSR count). The molecule has 86 valence electrons. The van der Waals surface area contributed by atoms with E-state index in [1.807, 2.05) is 0 Å². The Bertz CT molecular complexity index is 248. The van der Waals surface area contributed by atoms with Gasteiger partial charge in [0, 0.05) is 32.4 Å². The van der Waals surface area contributed by atoms with Crippen molar-refractivity contribution < 1.29 is 9.59 Å². The molecule has 0 aromatic heterocycles. The zero-order valence-electron chi connectivity index (χ0n) is 9.95. The SMILES string of the molecule is CC(=O)N1CCCC(C(=O)CC(C)C)C1. The maximum atomic E-state index is 11.8. The quantitative estimate of drug-likeness (QED) is 0.714. The van der Waals surface area contributed by atoms with Crippen molar-refractivity contribution in [1.29, 1.82) is 0 Å². The van der Waals surface area contributed by atoms with Crippen LogP contribution in [-0.4, -0.2) is 29.7 Å². The average Bonchev–Trinajstić information content (AvgIpc) is 2.17. The summed E-state index contributed by atoms with van der Waals surface area (Å²) in [6, 6.07) is 0. The van der Waals surface area contributed by atoms with Gasteiger partial charge in [-0.15, -0.1) is 0 Å². The molecule has 0 radical (unpaired) electrons. The smallest absolute Gasteiger partial charge is 0.219 e. The average molecular weight is 211 g/mol. The topological polar surface area (TPSA) is 37.4 Å². The summed E-state index contributed by atoms with van der Waals surface area (Å²) in [7, 11) is 0. The molecule has 0 bridgehead atoms. The molecule has 1 amide bonds. The number of amides is 1. The fourth-order valence-corrected chi connectivity index (χ4v) is 2.09. The molecular formula is C12H21NO2. The van der Waals surface area contributed by atoms with Crippen LogP contribution in [-0.2, 0) is 9.59 Å². The van der Waals surface area contributed by atoms with Gasteiger partial charge in [-0.1, -0.05) is 13.8 Å². The number of carbonyl (C=O) groups excluding carboxylic acids is 2. The van der Waals surface area contributed by atoms with Crippen LogP contribution in [0.15, 0.2) is 0 Å². The number of hydrogen-bond acceptors (Lipinski definition) is 2. The molecule has 0 aromatic rings. The number of Topliss-reactive ketones (excluding diaryl/α,β-unsaturated/α-hetero) is 1. The van der Waals surface area contributed by atoms with E-state index in [0.29, 0.717) is 24.7 Å². The summed E-state index contributed by atoms with van der Waals surface area (Å²) in [6.45, 7) is 7.16. The van der Waals surface area contributed by atoms with E-state index in [9.17, 15) is 9.59 Å². The Hall–Kier alpha value is -0.860. The van der Waals surface area contributed by atoms with Gasteiger partial charge < -0.3 is 4.90 Å². The highest BCUT2D eigenvalue weighted by atomic mass is 16.2. The Balaban J connectivity index is 2.48. The summed E-state index contributed by atoms with van der Waals surface area (Å²) in [4.78, 5) is 24.8. The molecule has 0 N–H and O–H groups in total. The molecule has 0 saturated carbocycles. The first-order chi connectivity index (χ1) is 7.00. The van der Waals surface area contributed by atoms with Crippen molar-refractivity contribution in [1.82, 2.24) is 4.90 Å². The highest BCUT2D eigenvalue weighted by molar-refractivity contribution is 5.82. The van der Waals surface area contributed by atoms with Crippen molar-refractivity contribution in [3.63, 3.8) is 0 Å². The second-order valence-electron chi connectivity index (χ2n) is 4.87. The summed E-state index contributed by atoms with van der Waals surface area (Å²) in [5.41, 5.74) is 0. The van der Waals surface area contributed by atoms with Crippen molar-refractivity contribution in [2.24, 2.45) is 11.8 Å². The number of hydrogen-bond donors (Lipinski definition) is 0. The van der Waals surface area contributed by atoms with E-state index in [-0.39, 0.29) is 11.8 Å². The number of nitrogens with zero attached hydrogens (tertiary/aromatic N) is 1. The number of rotatable bonds is 3. The number of likely N-dealkylation sites (tertiary alicyclic amines) is 1. The Morgan fingerprint density at radius 3 is 2.60 bits per heavy atom. The normalized spacial score (nSPS) is 21.9. The second-order valence-corrected chi connectivity index (χ2v) is 4.87. The number of ketones is 1. The summed E-state index contributed by atoms with van der Waals surface area (Å²) in [5, 5.41) is 0. The monoisotopic (exact) mass is 211 g/mol. The zero-order chi connectivity index (χ0) is 11.4. The Kier molecular flexibility index (Phi) is 4.30. The van der Waals surface area contributed by atoms with Gasteiger partial charge in [0.2, 0.25) is 5.91 Å². The molecular weight excluding hydrogens is 190 g/mol. The first-order valence-electron chi connectivity index (χ1n) is 5.79. The molecule has 1 heterocycles. The van der Waals surface area contributed by atoms with E-state index in [0.717, 1.165) is 19.4 Å². The third-order valence-corrected chi connectivity index (χ3v) is 2.93. The third kappa shape index (κ3) is 3.65. The van der Waals surface area contributed by atoms with Crippen LogP contribution >= 0.6 is 0 Å². The largest absolute Gasteiger partial charge is 0.342 e. The summed E-state index contributed by atoms with van der Waals surface area (Å²) >= 11 is 0. The van der Waals surface area contributed by atoms with Crippen LogP contribution in [0, 0.1) is 11.8 Å². The predicted octanol–water partition coefficient (Wildman–Crippen LogP) is 1.86. The maximum absolute atomic E-state index is 11.8.